The lowest BCUT2D eigenvalue weighted by atomic mass is 9.91. The van der Waals surface area contributed by atoms with Gasteiger partial charge in [-0.1, -0.05) is 23.7 Å². The number of benzene rings is 3. The number of fused-ring (bicyclic) bond motifs is 2. The van der Waals surface area contributed by atoms with Crippen LogP contribution >= 0.6 is 22.9 Å². The molecule has 9 nitrogen and oxygen atoms in total. The zero-order valence-corrected chi connectivity index (χ0v) is 32.8. The number of hydrogen-bond donors (Lipinski definition) is 0. The summed E-state index contributed by atoms with van der Waals surface area (Å²) in [6, 6.07) is 14.7. The lowest BCUT2D eigenvalue weighted by Gasteiger charge is -2.33. The number of nitrogens with zero attached hydrogens (tertiary/aromatic N) is 4. The normalized spacial score (nSPS) is 15.1. The number of piperidine rings is 1. The summed E-state index contributed by atoms with van der Waals surface area (Å²) in [7, 11) is 0. The molecule has 1 saturated heterocycles. The highest BCUT2D eigenvalue weighted by molar-refractivity contribution is 7.22. The summed E-state index contributed by atoms with van der Waals surface area (Å²) < 4.78 is 47.7. The Kier molecular flexibility index (Phi) is 10.9. The Morgan fingerprint density at radius 1 is 0.981 bits per heavy atom. The van der Waals surface area contributed by atoms with Crippen LogP contribution in [0.1, 0.15) is 96.7 Å². The molecule has 13 heteroatoms. The lowest BCUT2D eigenvalue weighted by molar-refractivity contribution is -0.166. The summed E-state index contributed by atoms with van der Waals surface area (Å²) in [6.07, 6.45) is -0.279. The summed E-state index contributed by atoms with van der Waals surface area (Å²) in [5.41, 5.74) is 4.16. The molecule has 1 fully saturated rings. The van der Waals surface area contributed by atoms with E-state index in [-0.39, 0.29) is 18.6 Å². The van der Waals surface area contributed by atoms with Crippen LogP contribution in [-0.4, -0.2) is 62.6 Å². The molecule has 0 N–H and O–H groups in total. The van der Waals surface area contributed by atoms with Crippen molar-refractivity contribution in [1.82, 2.24) is 19.7 Å². The lowest BCUT2D eigenvalue weighted by Crippen LogP contribution is -2.41. The van der Waals surface area contributed by atoms with E-state index >= 15 is 0 Å². The fraction of sp³-hybridized carbons (Fsp3) is 0.450. The molecule has 1 aliphatic heterocycles. The van der Waals surface area contributed by atoms with Gasteiger partial charge in [-0.05, 0) is 116 Å². The van der Waals surface area contributed by atoms with Gasteiger partial charge in [0, 0.05) is 46.1 Å². The highest BCUT2D eigenvalue weighted by Crippen LogP contribution is 2.45. The molecule has 53 heavy (non-hydrogen) atoms. The van der Waals surface area contributed by atoms with Crippen molar-refractivity contribution in [3.63, 3.8) is 0 Å². The summed E-state index contributed by atoms with van der Waals surface area (Å²) in [5.74, 6) is -0.623. The second kappa shape index (κ2) is 14.9. The van der Waals surface area contributed by atoms with Crippen LogP contribution in [0.3, 0.4) is 0 Å². The molecule has 0 bridgehead atoms. The number of hydrogen-bond acceptors (Lipinski definition) is 8. The number of aromatic nitrogens is 3. The maximum atomic E-state index is 14.3. The number of amides is 1. The average molecular weight is 767 g/mol. The Hall–Kier alpha value is -4.13. The van der Waals surface area contributed by atoms with Gasteiger partial charge < -0.3 is 19.1 Å². The maximum Gasteiger partial charge on any atom is 0.410 e. The topological polar surface area (TPSA) is 95.8 Å². The molecule has 3 aromatic carbocycles. The smallest absolute Gasteiger partial charge is 0.410 e. The number of thiazole rings is 1. The molecule has 2 aromatic heterocycles. The molecule has 0 saturated carbocycles. The molecule has 0 aliphatic carbocycles. The van der Waals surface area contributed by atoms with Crippen molar-refractivity contribution < 1.29 is 32.6 Å². The summed E-state index contributed by atoms with van der Waals surface area (Å²) in [6.45, 7) is 13.1. The van der Waals surface area contributed by atoms with Crippen molar-refractivity contribution in [2.24, 2.45) is 0 Å². The number of carbonyl (C=O) groups is 2. The van der Waals surface area contributed by atoms with E-state index in [9.17, 15) is 18.4 Å². The first-order valence-corrected chi connectivity index (χ1v) is 19.0. The van der Waals surface area contributed by atoms with Gasteiger partial charge in [0.25, 0.3) is 0 Å². The number of likely N-dealkylation sites (tertiary alicyclic amines) is 1. The summed E-state index contributed by atoms with van der Waals surface area (Å²) >= 11 is 7.76. The van der Waals surface area contributed by atoms with Gasteiger partial charge in [-0.15, -0.1) is 11.3 Å². The first-order valence-electron chi connectivity index (χ1n) is 17.8. The Balaban J connectivity index is 1.46. The van der Waals surface area contributed by atoms with Crippen molar-refractivity contribution in [2.75, 3.05) is 19.7 Å². The van der Waals surface area contributed by atoms with E-state index in [4.69, 9.17) is 30.8 Å². The van der Waals surface area contributed by atoms with Crippen LogP contribution in [0.2, 0.25) is 5.02 Å². The number of carbonyl (C=O) groups excluding carboxylic acids is 2. The SMILES string of the molecule is CCOC(=O)[C@@H](OC(C)(C)C)c1c(C)cc2nc(-c3ccc4c(c3)c(C3CCN(C(=O)OC(C)(C)C)CC3)nn4C(F)F)sc2c1-c1ccc(Cl)cc1. The zero-order chi connectivity index (χ0) is 38.4. The van der Waals surface area contributed by atoms with Crippen LogP contribution in [0, 0.1) is 6.92 Å². The number of aryl methyl sites for hydroxylation is 1. The van der Waals surface area contributed by atoms with Crippen LogP contribution in [0.25, 0.3) is 42.8 Å². The first-order chi connectivity index (χ1) is 24.9. The molecular weight excluding hydrogens is 722 g/mol. The minimum absolute atomic E-state index is 0.133. The number of esters is 1. The van der Waals surface area contributed by atoms with E-state index in [1.807, 2.05) is 72.7 Å². The van der Waals surface area contributed by atoms with Gasteiger partial charge in [0.05, 0.1) is 33.6 Å². The fourth-order valence-electron chi connectivity index (χ4n) is 6.78. The number of ether oxygens (including phenoxy) is 3. The zero-order valence-electron chi connectivity index (χ0n) is 31.3. The summed E-state index contributed by atoms with van der Waals surface area (Å²) in [5, 5.41) is 6.29. The van der Waals surface area contributed by atoms with E-state index in [0.29, 0.717) is 63.6 Å². The van der Waals surface area contributed by atoms with Gasteiger partial charge in [0.15, 0.2) is 6.10 Å². The number of alkyl halides is 2. The van der Waals surface area contributed by atoms with Gasteiger partial charge in [-0.25, -0.2) is 19.3 Å². The van der Waals surface area contributed by atoms with E-state index < -0.39 is 29.8 Å². The standard InChI is InChI=1S/C40H45ClF2N4O5S/c1-9-50-36(48)33(51-39(3,4)5)30-22(2)20-28-34(31(30)23-10-13-26(41)14-11-23)53-35(44-28)25-12-15-29-27(21-25)32(45-47(29)37(42)43)24-16-18-46(19-17-24)38(49)52-40(6,7)8/h10-15,20-21,24,33,37H,9,16-19H2,1-8H3/t33-/m0/s1. The highest BCUT2D eigenvalue weighted by atomic mass is 35.5. The largest absolute Gasteiger partial charge is 0.464 e. The minimum Gasteiger partial charge on any atom is -0.464 e. The average Bonchev–Trinajstić information content (AvgIpc) is 3.68. The molecule has 5 aromatic rings. The van der Waals surface area contributed by atoms with Crippen molar-refractivity contribution in [3.05, 3.63) is 70.4 Å². The van der Waals surface area contributed by atoms with Crippen molar-refractivity contribution in [2.45, 2.75) is 98.0 Å². The molecule has 1 amide bonds. The highest BCUT2D eigenvalue weighted by Gasteiger charge is 2.34. The Morgan fingerprint density at radius 3 is 2.25 bits per heavy atom. The molecule has 0 radical (unpaired) electrons. The molecule has 6 rings (SSSR count). The van der Waals surface area contributed by atoms with Gasteiger partial charge in [0.2, 0.25) is 0 Å². The Labute approximate surface area is 317 Å². The van der Waals surface area contributed by atoms with Crippen LogP contribution in [0.15, 0.2) is 48.5 Å². The molecule has 282 valence electrons. The van der Waals surface area contributed by atoms with E-state index in [1.165, 1.54) is 11.3 Å². The van der Waals surface area contributed by atoms with Crippen LogP contribution < -0.4 is 0 Å². The summed E-state index contributed by atoms with van der Waals surface area (Å²) in [4.78, 5) is 33.0. The molecule has 0 spiro atoms. The Bertz CT molecular complexity index is 2150. The number of halogens is 3. The second-order valence-corrected chi connectivity index (χ2v) is 16.7. The van der Waals surface area contributed by atoms with Gasteiger partial charge in [0.1, 0.15) is 10.6 Å². The third-order valence-electron chi connectivity index (χ3n) is 8.99. The maximum absolute atomic E-state index is 14.3. The first kappa shape index (κ1) is 38.6. The number of rotatable bonds is 8. The van der Waals surface area contributed by atoms with Gasteiger partial charge >= 0.3 is 18.6 Å². The van der Waals surface area contributed by atoms with Gasteiger partial charge in [-0.2, -0.15) is 13.9 Å². The van der Waals surface area contributed by atoms with E-state index in [0.717, 1.165) is 31.6 Å². The Morgan fingerprint density at radius 2 is 1.64 bits per heavy atom. The van der Waals surface area contributed by atoms with E-state index in [2.05, 4.69) is 5.10 Å². The van der Waals surface area contributed by atoms with Gasteiger partial charge in [-0.3, -0.25) is 0 Å². The molecule has 0 unspecified atom stereocenters. The van der Waals surface area contributed by atoms with E-state index in [1.54, 1.807) is 36.1 Å². The quantitative estimate of drug-likeness (QED) is 0.145. The third-order valence-corrected chi connectivity index (χ3v) is 10.4. The van der Waals surface area contributed by atoms with Crippen LogP contribution in [0.5, 0.6) is 0 Å². The van der Waals surface area contributed by atoms with Crippen molar-refractivity contribution in [3.8, 4) is 21.7 Å². The molecule has 1 aliphatic rings. The molecule has 3 heterocycles. The fourth-order valence-corrected chi connectivity index (χ4v) is 8.03. The van der Waals surface area contributed by atoms with Crippen molar-refractivity contribution >= 4 is 56.1 Å². The predicted molar refractivity (Wildman–Crippen MR) is 205 cm³/mol. The second-order valence-electron chi connectivity index (χ2n) is 15.3. The van der Waals surface area contributed by atoms with Crippen molar-refractivity contribution in [1.29, 1.82) is 0 Å². The minimum atomic E-state index is -2.83. The third kappa shape index (κ3) is 8.34. The van der Waals surface area contributed by atoms with Crippen LogP contribution in [0.4, 0.5) is 13.6 Å². The molecular formula is C40H45ClF2N4O5S. The predicted octanol–water partition coefficient (Wildman–Crippen LogP) is 10.9. The van der Waals surface area contributed by atoms with Crippen LogP contribution in [-0.2, 0) is 19.0 Å². The monoisotopic (exact) mass is 766 g/mol. The molecule has 1 atom stereocenters.